The van der Waals surface area contributed by atoms with Crippen LogP contribution in [-0.4, -0.2) is 22.8 Å². The van der Waals surface area contributed by atoms with Crippen molar-refractivity contribution in [1.29, 1.82) is 0 Å². The first kappa shape index (κ1) is 14.4. The Hall–Kier alpha value is -1.55. The van der Waals surface area contributed by atoms with Crippen molar-refractivity contribution in [2.75, 3.05) is 13.1 Å². The molecule has 3 nitrogen and oxygen atoms in total. The number of phenolic OH excluding ortho intramolecular Hbond substituents is 1. The number of hydrogen-bond donors (Lipinski definition) is 2. The second-order valence-electron chi connectivity index (χ2n) is 6.39. The minimum atomic E-state index is -0.383. The van der Waals surface area contributed by atoms with Gasteiger partial charge in [0.05, 0.1) is 5.52 Å². The van der Waals surface area contributed by atoms with E-state index in [1.165, 1.54) is 25.0 Å². The molecule has 2 N–H and O–H groups in total. The zero-order valence-electron chi connectivity index (χ0n) is 12.7. The van der Waals surface area contributed by atoms with E-state index in [1.54, 1.807) is 0 Å². The summed E-state index contributed by atoms with van der Waals surface area (Å²) in [6.07, 6.45) is 5.43. The lowest BCUT2D eigenvalue weighted by Gasteiger charge is -2.22. The zero-order valence-corrected chi connectivity index (χ0v) is 12.7. The normalized spacial score (nSPS) is 19.5. The molecule has 1 aliphatic heterocycles. The van der Waals surface area contributed by atoms with Crippen LogP contribution in [0.15, 0.2) is 18.3 Å². The van der Waals surface area contributed by atoms with Crippen LogP contribution in [0.3, 0.4) is 0 Å². The molecule has 0 bridgehead atoms. The zero-order chi connectivity index (χ0) is 15.0. The Morgan fingerprint density at radius 2 is 2.24 bits per heavy atom. The molecule has 1 aromatic heterocycles. The molecular formula is C17H23FN2O. The molecule has 0 amide bonds. The van der Waals surface area contributed by atoms with Gasteiger partial charge in [0.25, 0.3) is 0 Å². The lowest BCUT2D eigenvalue weighted by Crippen LogP contribution is -2.30. The molecular weight excluding hydrogens is 267 g/mol. The van der Waals surface area contributed by atoms with Gasteiger partial charge >= 0.3 is 0 Å². The van der Waals surface area contributed by atoms with Gasteiger partial charge in [0.2, 0.25) is 0 Å². The highest BCUT2D eigenvalue weighted by Gasteiger charge is 2.20. The maximum atomic E-state index is 13.6. The van der Waals surface area contributed by atoms with E-state index in [4.69, 9.17) is 0 Å². The topological polar surface area (TPSA) is 37.2 Å². The predicted octanol–water partition coefficient (Wildman–Crippen LogP) is 3.61. The first-order valence-corrected chi connectivity index (χ1v) is 7.79. The van der Waals surface area contributed by atoms with Gasteiger partial charge in [0.15, 0.2) is 0 Å². The first-order valence-electron chi connectivity index (χ1n) is 7.79. The summed E-state index contributed by atoms with van der Waals surface area (Å²) < 4.78 is 15.7. The number of halogens is 1. The van der Waals surface area contributed by atoms with Gasteiger partial charge in [-0.3, -0.25) is 0 Å². The van der Waals surface area contributed by atoms with E-state index in [2.05, 4.69) is 29.9 Å². The second-order valence-corrected chi connectivity index (χ2v) is 6.39. The van der Waals surface area contributed by atoms with Gasteiger partial charge in [-0.2, -0.15) is 0 Å². The van der Waals surface area contributed by atoms with Crippen LogP contribution < -0.4 is 5.32 Å². The van der Waals surface area contributed by atoms with E-state index in [0.717, 1.165) is 36.0 Å². The van der Waals surface area contributed by atoms with Crippen molar-refractivity contribution in [3.8, 4) is 5.75 Å². The number of nitrogens with one attached hydrogen (secondary N) is 1. The van der Waals surface area contributed by atoms with Crippen LogP contribution in [0.4, 0.5) is 4.39 Å². The molecule has 1 aromatic carbocycles. The molecule has 0 aliphatic carbocycles. The average Bonchev–Trinajstić information content (AvgIpc) is 2.79. The van der Waals surface area contributed by atoms with Crippen LogP contribution in [0, 0.1) is 11.7 Å². The minimum absolute atomic E-state index is 0.0585. The number of benzene rings is 1. The molecule has 21 heavy (non-hydrogen) atoms. The number of piperidine rings is 1. The maximum Gasteiger partial charge on any atom is 0.129 e. The van der Waals surface area contributed by atoms with Crippen LogP contribution in [0.25, 0.3) is 10.9 Å². The fraction of sp³-hybridized carbons (Fsp3) is 0.529. The Kier molecular flexibility index (Phi) is 3.89. The maximum absolute atomic E-state index is 13.6. The van der Waals surface area contributed by atoms with Crippen molar-refractivity contribution in [3.05, 3.63) is 29.7 Å². The average molecular weight is 290 g/mol. The summed E-state index contributed by atoms with van der Waals surface area (Å²) in [4.78, 5) is 0. The highest BCUT2D eigenvalue weighted by Crippen LogP contribution is 2.34. The van der Waals surface area contributed by atoms with E-state index >= 15 is 0 Å². The van der Waals surface area contributed by atoms with Crippen molar-refractivity contribution in [2.45, 2.75) is 39.2 Å². The fourth-order valence-corrected chi connectivity index (χ4v) is 3.40. The molecule has 1 atom stereocenters. The number of fused-ring (bicyclic) bond motifs is 1. The van der Waals surface area contributed by atoms with Gasteiger partial charge < -0.3 is 15.0 Å². The van der Waals surface area contributed by atoms with Gasteiger partial charge in [-0.05, 0) is 63.7 Å². The molecule has 114 valence electrons. The van der Waals surface area contributed by atoms with Crippen LogP contribution in [0.5, 0.6) is 5.75 Å². The van der Waals surface area contributed by atoms with Gasteiger partial charge in [0, 0.05) is 23.7 Å². The Labute approximate surface area is 124 Å². The third kappa shape index (κ3) is 2.77. The monoisotopic (exact) mass is 290 g/mol. The van der Waals surface area contributed by atoms with Gasteiger partial charge in [-0.15, -0.1) is 0 Å². The Morgan fingerprint density at radius 3 is 2.90 bits per heavy atom. The highest BCUT2D eigenvalue weighted by atomic mass is 19.1. The summed E-state index contributed by atoms with van der Waals surface area (Å²) in [5.74, 6) is 0.267. The molecule has 0 radical (unpaired) electrons. The van der Waals surface area contributed by atoms with Gasteiger partial charge in [-0.1, -0.05) is 0 Å². The van der Waals surface area contributed by atoms with Crippen LogP contribution in [0.1, 0.15) is 38.3 Å². The summed E-state index contributed by atoms with van der Waals surface area (Å²) >= 11 is 0. The van der Waals surface area contributed by atoms with Crippen molar-refractivity contribution in [2.24, 2.45) is 5.92 Å². The van der Waals surface area contributed by atoms with E-state index in [1.807, 2.05) is 0 Å². The van der Waals surface area contributed by atoms with Crippen molar-refractivity contribution >= 4 is 10.9 Å². The molecule has 0 spiro atoms. The summed E-state index contributed by atoms with van der Waals surface area (Å²) in [5, 5.41) is 14.4. The van der Waals surface area contributed by atoms with E-state index in [9.17, 15) is 9.50 Å². The Balaban J connectivity index is 2.05. The summed E-state index contributed by atoms with van der Waals surface area (Å²) in [6, 6.07) is 2.99. The molecule has 0 saturated carbocycles. The van der Waals surface area contributed by atoms with Crippen LogP contribution >= 0.6 is 0 Å². The third-order valence-electron chi connectivity index (χ3n) is 4.42. The number of rotatable bonds is 3. The molecule has 2 heterocycles. The lowest BCUT2D eigenvalue weighted by atomic mass is 9.92. The minimum Gasteiger partial charge on any atom is -0.507 e. The lowest BCUT2D eigenvalue weighted by molar-refractivity contribution is 0.376. The number of aromatic nitrogens is 1. The van der Waals surface area contributed by atoms with Crippen molar-refractivity contribution < 1.29 is 9.50 Å². The predicted molar refractivity (Wildman–Crippen MR) is 83.2 cm³/mol. The molecule has 3 rings (SSSR count). The number of aromatic hydroxyl groups is 1. The van der Waals surface area contributed by atoms with Crippen molar-refractivity contribution in [1.82, 2.24) is 9.88 Å². The van der Waals surface area contributed by atoms with Crippen LogP contribution in [-0.2, 0) is 6.42 Å². The van der Waals surface area contributed by atoms with Crippen molar-refractivity contribution in [3.63, 3.8) is 0 Å². The molecule has 1 saturated heterocycles. The van der Waals surface area contributed by atoms with E-state index in [0.29, 0.717) is 5.92 Å². The summed E-state index contributed by atoms with van der Waals surface area (Å²) in [6.45, 7) is 6.28. The SMILES string of the molecule is CC(C)n1cc(C[C@@H]2CCCNC2)c2c(O)cc(F)cc21. The number of hydrogen-bond acceptors (Lipinski definition) is 2. The molecule has 0 unspecified atom stereocenters. The standard InChI is InChI=1S/C17H23FN2O/c1-11(2)20-10-13(6-12-4-3-5-19-9-12)17-15(20)7-14(18)8-16(17)21/h7-8,10-12,19,21H,3-6,9H2,1-2H3/t12-/m0/s1. The largest absolute Gasteiger partial charge is 0.507 e. The molecule has 1 aliphatic rings. The highest BCUT2D eigenvalue weighted by molar-refractivity contribution is 5.90. The smallest absolute Gasteiger partial charge is 0.129 e. The Bertz CT molecular complexity index is 642. The molecule has 2 aromatic rings. The first-order chi connectivity index (χ1) is 10.1. The number of phenols is 1. The van der Waals surface area contributed by atoms with E-state index in [-0.39, 0.29) is 17.6 Å². The third-order valence-corrected chi connectivity index (χ3v) is 4.42. The molecule has 4 heteroatoms. The van der Waals surface area contributed by atoms with E-state index < -0.39 is 0 Å². The summed E-state index contributed by atoms with van der Waals surface area (Å²) in [5.41, 5.74) is 1.92. The molecule has 1 fully saturated rings. The summed E-state index contributed by atoms with van der Waals surface area (Å²) in [7, 11) is 0. The Morgan fingerprint density at radius 1 is 1.43 bits per heavy atom. The van der Waals surface area contributed by atoms with Crippen LogP contribution in [0.2, 0.25) is 0 Å². The van der Waals surface area contributed by atoms with Gasteiger partial charge in [0.1, 0.15) is 11.6 Å². The fourth-order valence-electron chi connectivity index (χ4n) is 3.40. The number of nitrogens with zero attached hydrogens (tertiary/aromatic N) is 1. The van der Waals surface area contributed by atoms with Gasteiger partial charge in [-0.25, -0.2) is 4.39 Å². The quantitative estimate of drug-likeness (QED) is 0.906. The second kappa shape index (κ2) is 5.68.